The molecule has 6 rings (SSSR count). The summed E-state index contributed by atoms with van der Waals surface area (Å²) in [6, 6.07) is 8.44. The zero-order valence-electron chi connectivity index (χ0n) is 21.3. The first kappa shape index (κ1) is 24.0. The molecule has 5 aromatic rings. The number of amides is 1. The summed E-state index contributed by atoms with van der Waals surface area (Å²) < 4.78 is 11.9. The Morgan fingerprint density at radius 2 is 1.79 bits per heavy atom. The average Bonchev–Trinajstić information content (AvgIpc) is 3.49. The van der Waals surface area contributed by atoms with Gasteiger partial charge in [-0.2, -0.15) is 0 Å². The molecule has 1 atom stereocenters. The fourth-order valence-electron chi connectivity index (χ4n) is 5.75. The molecule has 0 aliphatic heterocycles. The summed E-state index contributed by atoms with van der Waals surface area (Å²) in [6.45, 7) is 3.69. The van der Waals surface area contributed by atoms with Crippen molar-refractivity contribution in [2.75, 3.05) is 0 Å². The average molecular weight is 513 g/mol. The first-order valence-corrected chi connectivity index (χ1v) is 12.9. The Bertz CT molecular complexity index is 1810. The lowest BCUT2D eigenvalue weighted by Crippen LogP contribution is -2.43. The van der Waals surface area contributed by atoms with E-state index in [1.807, 2.05) is 37.3 Å². The second-order valence-electron chi connectivity index (χ2n) is 10.2. The number of rotatable bonds is 6. The molecule has 38 heavy (non-hydrogen) atoms. The molecule has 194 valence electrons. The third kappa shape index (κ3) is 3.97. The zero-order chi connectivity index (χ0) is 26.6. The van der Waals surface area contributed by atoms with Gasteiger partial charge in [0.25, 0.3) is 0 Å². The summed E-state index contributed by atoms with van der Waals surface area (Å²) in [4.78, 5) is 41.1. The number of benzene rings is 2. The molecule has 0 bridgehead atoms. The van der Waals surface area contributed by atoms with E-state index in [9.17, 15) is 19.5 Å². The predicted molar refractivity (Wildman–Crippen MR) is 144 cm³/mol. The number of aliphatic carboxylic acids is 1. The van der Waals surface area contributed by atoms with Crippen molar-refractivity contribution >= 4 is 44.7 Å². The number of carboxylic acid groups (broad SMARTS) is 1. The fraction of sp³-hybridized carbons (Fsp3) is 0.300. The second kappa shape index (κ2) is 9.20. The van der Waals surface area contributed by atoms with E-state index < -0.39 is 23.5 Å². The minimum absolute atomic E-state index is 0.110. The SMILES string of the molecule is Cc1c(CC(=O)N[C@H](Cc2c[nH]c3ccccc23)C(=O)O)c(=O)oc2c(C)c3oc4c(c3cc12)CCCC4. The number of hydrogen-bond acceptors (Lipinski definition) is 5. The van der Waals surface area contributed by atoms with Crippen LogP contribution in [0, 0.1) is 13.8 Å². The number of carboxylic acids is 1. The summed E-state index contributed by atoms with van der Waals surface area (Å²) in [5.41, 5.74) is 5.15. The standard InChI is InChI=1S/C30H28N2O6/c1-15-20-12-22-19-8-4-6-10-25(19)37-28(22)16(2)27(20)38-30(36)21(15)13-26(33)32-24(29(34)35)11-17-14-31-23-9-5-3-7-18(17)23/h3,5,7,9,12,14,24,31H,4,6,8,10-11,13H2,1-2H3,(H,32,33)(H,34,35)/t24-/m1/s1. The highest BCUT2D eigenvalue weighted by Crippen LogP contribution is 2.38. The van der Waals surface area contributed by atoms with Crippen LogP contribution in [0.3, 0.4) is 0 Å². The quantitative estimate of drug-likeness (QED) is 0.279. The maximum absolute atomic E-state index is 13.0. The normalized spacial score (nSPS) is 14.2. The molecule has 0 unspecified atom stereocenters. The highest BCUT2D eigenvalue weighted by Gasteiger charge is 2.26. The largest absolute Gasteiger partial charge is 0.480 e. The van der Waals surface area contributed by atoms with Gasteiger partial charge in [0.05, 0.1) is 12.0 Å². The smallest absolute Gasteiger partial charge is 0.340 e. The molecule has 8 heteroatoms. The molecule has 1 aliphatic carbocycles. The molecule has 0 spiro atoms. The maximum Gasteiger partial charge on any atom is 0.340 e. The van der Waals surface area contributed by atoms with Gasteiger partial charge >= 0.3 is 11.6 Å². The van der Waals surface area contributed by atoms with Gasteiger partial charge in [-0.05, 0) is 56.4 Å². The number of carbonyl (C=O) groups is 2. The van der Waals surface area contributed by atoms with Gasteiger partial charge in [0, 0.05) is 51.8 Å². The summed E-state index contributed by atoms with van der Waals surface area (Å²) in [7, 11) is 0. The minimum Gasteiger partial charge on any atom is -0.480 e. The lowest BCUT2D eigenvalue weighted by molar-refractivity contribution is -0.141. The topological polar surface area (TPSA) is 126 Å². The highest BCUT2D eigenvalue weighted by atomic mass is 16.4. The van der Waals surface area contributed by atoms with Crippen molar-refractivity contribution in [2.24, 2.45) is 0 Å². The van der Waals surface area contributed by atoms with E-state index in [1.54, 1.807) is 13.1 Å². The molecule has 8 nitrogen and oxygen atoms in total. The van der Waals surface area contributed by atoms with Gasteiger partial charge in [-0.25, -0.2) is 9.59 Å². The van der Waals surface area contributed by atoms with Crippen LogP contribution in [0.15, 0.2) is 50.2 Å². The summed E-state index contributed by atoms with van der Waals surface area (Å²) in [6.07, 6.45) is 5.64. The number of aromatic nitrogens is 1. The van der Waals surface area contributed by atoms with Crippen molar-refractivity contribution in [3.63, 3.8) is 0 Å². The molecule has 0 saturated heterocycles. The molecule has 0 fully saturated rings. The molecular formula is C30H28N2O6. The Balaban J connectivity index is 1.31. The molecule has 3 N–H and O–H groups in total. The number of H-pyrrole nitrogens is 1. The van der Waals surface area contributed by atoms with Gasteiger partial charge < -0.3 is 24.2 Å². The molecule has 0 radical (unpaired) electrons. The predicted octanol–water partition coefficient (Wildman–Crippen LogP) is 4.87. The molecular weight excluding hydrogens is 484 g/mol. The van der Waals surface area contributed by atoms with Gasteiger partial charge in [0.15, 0.2) is 0 Å². The van der Waals surface area contributed by atoms with E-state index >= 15 is 0 Å². The Morgan fingerprint density at radius 1 is 1.03 bits per heavy atom. The van der Waals surface area contributed by atoms with Gasteiger partial charge in [-0.1, -0.05) is 18.2 Å². The third-order valence-electron chi connectivity index (χ3n) is 7.79. The van der Waals surface area contributed by atoms with Crippen LogP contribution in [0.2, 0.25) is 0 Å². The van der Waals surface area contributed by atoms with Crippen molar-refractivity contribution in [2.45, 2.75) is 58.4 Å². The number of aryl methyl sites for hydroxylation is 4. The molecule has 1 aliphatic rings. The van der Waals surface area contributed by atoms with E-state index in [-0.39, 0.29) is 18.4 Å². The number of aromatic amines is 1. The summed E-state index contributed by atoms with van der Waals surface area (Å²) in [5.74, 6) is -0.696. The van der Waals surface area contributed by atoms with Crippen LogP contribution < -0.4 is 10.9 Å². The molecule has 0 saturated carbocycles. The Hall–Kier alpha value is -4.33. The van der Waals surface area contributed by atoms with Crippen molar-refractivity contribution in [3.05, 3.63) is 80.5 Å². The first-order valence-electron chi connectivity index (χ1n) is 12.9. The van der Waals surface area contributed by atoms with E-state index in [0.29, 0.717) is 11.1 Å². The van der Waals surface area contributed by atoms with Crippen LogP contribution in [-0.4, -0.2) is 28.0 Å². The lowest BCUT2D eigenvalue weighted by Gasteiger charge is -2.15. The van der Waals surface area contributed by atoms with Gasteiger partial charge in [-0.15, -0.1) is 0 Å². The van der Waals surface area contributed by atoms with Crippen molar-refractivity contribution in [3.8, 4) is 0 Å². The lowest BCUT2D eigenvalue weighted by atomic mass is 9.93. The maximum atomic E-state index is 13.0. The third-order valence-corrected chi connectivity index (χ3v) is 7.79. The number of furan rings is 1. The number of nitrogens with one attached hydrogen (secondary N) is 2. The molecule has 1 amide bonds. The van der Waals surface area contributed by atoms with Crippen LogP contribution in [0.4, 0.5) is 0 Å². The van der Waals surface area contributed by atoms with Gasteiger partial charge in [0.2, 0.25) is 5.91 Å². The Kier molecular flexibility index (Phi) is 5.82. The molecule has 3 aromatic heterocycles. The van der Waals surface area contributed by atoms with Crippen LogP contribution in [-0.2, 0) is 35.3 Å². The summed E-state index contributed by atoms with van der Waals surface area (Å²) >= 11 is 0. The number of para-hydroxylation sites is 1. The van der Waals surface area contributed by atoms with Crippen LogP contribution in [0.25, 0.3) is 32.8 Å². The van der Waals surface area contributed by atoms with Crippen LogP contribution in [0.1, 0.15) is 46.4 Å². The molecule has 3 heterocycles. The van der Waals surface area contributed by atoms with Crippen LogP contribution in [0.5, 0.6) is 0 Å². The van der Waals surface area contributed by atoms with E-state index in [0.717, 1.165) is 69.8 Å². The monoisotopic (exact) mass is 512 g/mol. The summed E-state index contributed by atoms with van der Waals surface area (Å²) in [5, 5.41) is 15.1. The van der Waals surface area contributed by atoms with Crippen molar-refractivity contribution in [1.29, 1.82) is 0 Å². The van der Waals surface area contributed by atoms with Crippen molar-refractivity contribution in [1.82, 2.24) is 10.3 Å². The number of carbonyl (C=O) groups excluding carboxylic acids is 1. The first-order chi connectivity index (χ1) is 18.3. The Labute approximate surface area is 217 Å². The number of fused-ring (bicyclic) bond motifs is 5. The minimum atomic E-state index is -1.14. The number of hydrogen-bond donors (Lipinski definition) is 3. The molecule has 2 aromatic carbocycles. The van der Waals surface area contributed by atoms with Gasteiger partial charge in [0.1, 0.15) is 23.0 Å². The van der Waals surface area contributed by atoms with Gasteiger partial charge in [-0.3, -0.25) is 4.79 Å². The van der Waals surface area contributed by atoms with E-state index in [2.05, 4.69) is 10.3 Å². The Morgan fingerprint density at radius 3 is 2.61 bits per heavy atom. The van der Waals surface area contributed by atoms with Crippen molar-refractivity contribution < 1.29 is 23.5 Å². The second-order valence-corrected chi connectivity index (χ2v) is 10.2. The van der Waals surface area contributed by atoms with Crippen LogP contribution >= 0.6 is 0 Å². The highest BCUT2D eigenvalue weighted by molar-refractivity contribution is 6.00. The van der Waals surface area contributed by atoms with E-state index in [1.165, 1.54) is 5.56 Å². The fourth-order valence-corrected chi connectivity index (χ4v) is 5.75. The zero-order valence-corrected chi connectivity index (χ0v) is 21.3. The van der Waals surface area contributed by atoms with E-state index in [4.69, 9.17) is 8.83 Å².